The van der Waals surface area contributed by atoms with Gasteiger partial charge in [0.2, 0.25) is 11.8 Å². The van der Waals surface area contributed by atoms with Crippen LogP contribution in [0.3, 0.4) is 0 Å². The lowest BCUT2D eigenvalue weighted by Gasteiger charge is -2.32. The molecule has 27 heavy (non-hydrogen) atoms. The average molecular weight is 394 g/mol. The van der Waals surface area contributed by atoms with Crippen LogP contribution in [0.25, 0.3) is 10.9 Å². The third kappa shape index (κ3) is 4.84. The number of carbonyl (C=O) groups excluding carboxylic acids is 2. The maximum Gasteiger partial charge on any atom is 0.261 e. The molecule has 1 aromatic heterocycles. The van der Waals surface area contributed by atoms with Crippen LogP contribution in [0.15, 0.2) is 35.4 Å². The van der Waals surface area contributed by atoms with E-state index in [1.54, 1.807) is 23.1 Å². The Labute approximate surface area is 163 Å². The number of nitrogens with two attached hydrogens (primary N) is 1. The second-order valence-corrected chi connectivity index (χ2v) is 6.45. The highest BCUT2D eigenvalue weighted by atomic mass is 35.5. The lowest BCUT2D eigenvalue weighted by molar-refractivity contribution is -0.136. The molecule has 1 aliphatic heterocycles. The van der Waals surface area contributed by atoms with Gasteiger partial charge in [-0.2, -0.15) is 0 Å². The van der Waals surface area contributed by atoms with Gasteiger partial charge in [-0.25, -0.2) is 4.98 Å². The van der Waals surface area contributed by atoms with Gasteiger partial charge in [-0.1, -0.05) is 12.1 Å². The fraction of sp³-hybridized carbons (Fsp3) is 0.444. The molecule has 2 amide bonds. The molecule has 2 aromatic rings. The summed E-state index contributed by atoms with van der Waals surface area (Å²) in [7, 11) is 0. The molecular formula is C18H24ClN5O3. The molecule has 1 atom stereocenters. The Bertz CT molecular complexity index is 869. The monoisotopic (exact) mass is 393 g/mol. The Kier molecular flexibility index (Phi) is 7.32. The van der Waals surface area contributed by atoms with Crippen molar-refractivity contribution in [1.29, 1.82) is 0 Å². The molecular weight excluding hydrogens is 370 g/mol. The molecule has 2 heterocycles. The van der Waals surface area contributed by atoms with Crippen molar-refractivity contribution in [3.63, 3.8) is 0 Å². The van der Waals surface area contributed by atoms with Crippen molar-refractivity contribution in [2.24, 2.45) is 11.7 Å². The van der Waals surface area contributed by atoms with Crippen molar-refractivity contribution in [2.75, 3.05) is 26.2 Å². The van der Waals surface area contributed by atoms with Gasteiger partial charge in [0.15, 0.2) is 0 Å². The molecule has 8 nitrogen and oxygen atoms in total. The Balaban J connectivity index is 0.00000261. The molecule has 0 spiro atoms. The van der Waals surface area contributed by atoms with Crippen LogP contribution in [0.5, 0.6) is 0 Å². The molecule has 0 aliphatic carbocycles. The lowest BCUT2D eigenvalue weighted by Crippen LogP contribution is -2.47. The van der Waals surface area contributed by atoms with Gasteiger partial charge in [-0.05, 0) is 25.0 Å². The number of piperidine rings is 1. The predicted octanol–water partition coefficient (Wildman–Crippen LogP) is 0.132. The minimum atomic E-state index is -0.238. The van der Waals surface area contributed by atoms with Gasteiger partial charge in [0, 0.05) is 26.2 Å². The van der Waals surface area contributed by atoms with Crippen molar-refractivity contribution in [3.8, 4) is 0 Å². The number of carbonyl (C=O) groups is 2. The van der Waals surface area contributed by atoms with Gasteiger partial charge < -0.3 is 16.0 Å². The van der Waals surface area contributed by atoms with E-state index in [0.29, 0.717) is 37.1 Å². The maximum atomic E-state index is 12.6. The number of hydrogen-bond acceptors (Lipinski definition) is 5. The summed E-state index contributed by atoms with van der Waals surface area (Å²) in [6, 6.07) is 7.04. The predicted molar refractivity (Wildman–Crippen MR) is 105 cm³/mol. The highest BCUT2D eigenvalue weighted by Crippen LogP contribution is 2.17. The highest BCUT2D eigenvalue weighted by Gasteiger charge is 2.28. The zero-order chi connectivity index (χ0) is 18.5. The van der Waals surface area contributed by atoms with Crippen molar-refractivity contribution in [1.82, 2.24) is 19.8 Å². The summed E-state index contributed by atoms with van der Waals surface area (Å²) in [5.41, 5.74) is 5.77. The summed E-state index contributed by atoms with van der Waals surface area (Å²) in [6.45, 7) is 1.70. The first-order chi connectivity index (χ1) is 12.6. The fourth-order valence-corrected chi connectivity index (χ4v) is 3.22. The Hall–Kier alpha value is -2.45. The van der Waals surface area contributed by atoms with Gasteiger partial charge in [-0.15, -0.1) is 12.4 Å². The number of para-hydroxylation sites is 1. The van der Waals surface area contributed by atoms with E-state index in [-0.39, 0.29) is 42.2 Å². The number of nitrogens with zero attached hydrogens (tertiary/aromatic N) is 3. The Morgan fingerprint density at radius 2 is 2.07 bits per heavy atom. The van der Waals surface area contributed by atoms with E-state index in [0.717, 1.165) is 12.8 Å². The second-order valence-electron chi connectivity index (χ2n) is 6.45. The maximum absolute atomic E-state index is 12.6. The van der Waals surface area contributed by atoms with E-state index in [1.165, 1.54) is 10.9 Å². The number of likely N-dealkylation sites (tertiary alicyclic amines) is 1. The molecule has 1 aromatic carbocycles. The van der Waals surface area contributed by atoms with Crippen molar-refractivity contribution >= 4 is 35.1 Å². The van der Waals surface area contributed by atoms with Crippen molar-refractivity contribution in [2.45, 2.75) is 19.4 Å². The molecule has 1 saturated heterocycles. The molecule has 0 radical (unpaired) electrons. The SMILES string of the molecule is Cl.NCCNC(=O)C1CCCN(C(=O)Cn2cnc3ccccc3c2=O)C1. The minimum Gasteiger partial charge on any atom is -0.355 e. The number of hydrogen-bond donors (Lipinski definition) is 2. The third-order valence-electron chi connectivity index (χ3n) is 4.63. The summed E-state index contributed by atoms with van der Waals surface area (Å²) in [5.74, 6) is -0.483. The van der Waals surface area contributed by atoms with E-state index < -0.39 is 0 Å². The van der Waals surface area contributed by atoms with Crippen molar-refractivity contribution < 1.29 is 9.59 Å². The van der Waals surface area contributed by atoms with Crippen LogP contribution in [-0.4, -0.2) is 52.4 Å². The molecule has 3 N–H and O–H groups in total. The normalized spacial score (nSPS) is 16.6. The van der Waals surface area contributed by atoms with Gasteiger partial charge in [0.1, 0.15) is 6.54 Å². The van der Waals surface area contributed by atoms with E-state index >= 15 is 0 Å². The summed E-state index contributed by atoms with van der Waals surface area (Å²) in [5, 5.41) is 3.26. The van der Waals surface area contributed by atoms with Crippen LogP contribution in [-0.2, 0) is 16.1 Å². The number of nitrogens with one attached hydrogen (secondary N) is 1. The third-order valence-corrected chi connectivity index (χ3v) is 4.63. The first-order valence-electron chi connectivity index (χ1n) is 8.80. The van der Waals surface area contributed by atoms with Gasteiger partial charge in [0.05, 0.1) is 23.1 Å². The minimum absolute atomic E-state index is 0. The largest absolute Gasteiger partial charge is 0.355 e. The molecule has 1 aliphatic rings. The second kappa shape index (κ2) is 9.48. The smallest absolute Gasteiger partial charge is 0.261 e. The van der Waals surface area contributed by atoms with E-state index in [1.807, 2.05) is 6.07 Å². The summed E-state index contributed by atoms with van der Waals surface area (Å²) >= 11 is 0. The van der Waals surface area contributed by atoms with E-state index in [9.17, 15) is 14.4 Å². The number of rotatable bonds is 5. The first-order valence-corrected chi connectivity index (χ1v) is 8.80. The highest BCUT2D eigenvalue weighted by molar-refractivity contribution is 5.85. The molecule has 9 heteroatoms. The summed E-state index contributed by atoms with van der Waals surface area (Å²) in [6.07, 6.45) is 2.91. The zero-order valence-electron chi connectivity index (χ0n) is 15.0. The lowest BCUT2D eigenvalue weighted by atomic mass is 9.97. The fourth-order valence-electron chi connectivity index (χ4n) is 3.22. The van der Waals surface area contributed by atoms with E-state index in [4.69, 9.17) is 5.73 Å². The molecule has 0 saturated carbocycles. The number of fused-ring (bicyclic) bond motifs is 1. The molecule has 3 rings (SSSR count). The number of aromatic nitrogens is 2. The average Bonchev–Trinajstić information content (AvgIpc) is 2.68. The number of amides is 2. The first kappa shape index (κ1) is 20.9. The summed E-state index contributed by atoms with van der Waals surface area (Å²) < 4.78 is 1.32. The van der Waals surface area contributed by atoms with Gasteiger partial charge in [0.25, 0.3) is 5.56 Å². The van der Waals surface area contributed by atoms with Gasteiger partial charge in [-0.3, -0.25) is 19.0 Å². The number of benzene rings is 1. The molecule has 1 unspecified atom stereocenters. The standard InChI is InChI=1S/C18H23N5O3.ClH/c19-7-8-20-17(25)13-4-3-9-22(10-13)16(24)11-23-12-21-15-6-2-1-5-14(15)18(23)26;/h1-2,5-6,12-13H,3-4,7-11,19H2,(H,20,25);1H. The van der Waals surface area contributed by atoms with Crippen molar-refractivity contribution in [3.05, 3.63) is 40.9 Å². The van der Waals surface area contributed by atoms with Crippen LogP contribution in [0.2, 0.25) is 0 Å². The van der Waals surface area contributed by atoms with Crippen LogP contribution >= 0.6 is 12.4 Å². The molecule has 1 fully saturated rings. The van der Waals surface area contributed by atoms with Crippen LogP contribution < -0.4 is 16.6 Å². The van der Waals surface area contributed by atoms with Gasteiger partial charge >= 0.3 is 0 Å². The topological polar surface area (TPSA) is 110 Å². The number of halogens is 1. The summed E-state index contributed by atoms with van der Waals surface area (Å²) in [4.78, 5) is 43.1. The Morgan fingerprint density at radius 3 is 2.85 bits per heavy atom. The van der Waals surface area contributed by atoms with Crippen LogP contribution in [0.1, 0.15) is 12.8 Å². The van der Waals surface area contributed by atoms with Crippen LogP contribution in [0, 0.1) is 5.92 Å². The quantitative estimate of drug-likeness (QED) is 0.750. The zero-order valence-corrected chi connectivity index (χ0v) is 15.8. The Morgan fingerprint density at radius 1 is 1.30 bits per heavy atom. The van der Waals surface area contributed by atoms with E-state index in [2.05, 4.69) is 10.3 Å². The molecule has 0 bridgehead atoms. The van der Waals surface area contributed by atoms with Crippen LogP contribution in [0.4, 0.5) is 0 Å². The molecule has 146 valence electrons.